The summed E-state index contributed by atoms with van der Waals surface area (Å²) in [5.74, 6) is -1.50. The zero-order valence-corrected chi connectivity index (χ0v) is 27.4. The lowest BCUT2D eigenvalue weighted by molar-refractivity contribution is -0.207. The van der Waals surface area contributed by atoms with E-state index in [9.17, 15) is 55.2 Å². The summed E-state index contributed by atoms with van der Waals surface area (Å²) in [5, 5.41) is 102. The molecule has 278 valence electrons. The predicted octanol–water partition coefficient (Wildman–Crippen LogP) is -3.47. The summed E-state index contributed by atoms with van der Waals surface area (Å²) in [6.45, 7) is 2.31. The Bertz CT molecular complexity index is 854. The van der Waals surface area contributed by atoms with E-state index < -0.39 is 74.4 Å². The van der Waals surface area contributed by atoms with E-state index in [2.05, 4.69) is 10.6 Å². The Morgan fingerprint density at radius 2 is 1.17 bits per heavy atom. The molecule has 0 aliphatic heterocycles. The third-order valence-electron chi connectivity index (χ3n) is 7.57. The van der Waals surface area contributed by atoms with Gasteiger partial charge in [0, 0.05) is 51.7 Å². The minimum absolute atomic E-state index is 0.00349. The number of ether oxygens (including phenoxy) is 2. The van der Waals surface area contributed by atoms with E-state index in [1.54, 1.807) is 0 Å². The lowest BCUT2D eigenvalue weighted by atomic mass is 9.97. The number of aliphatic hydroxyl groups is 10. The fraction of sp³-hybridized carbons (Fsp3) is 0.900. The lowest BCUT2D eigenvalue weighted by Gasteiger charge is -2.28. The molecule has 0 spiro atoms. The van der Waals surface area contributed by atoms with Crippen LogP contribution in [0.15, 0.2) is 0 Å². The SMILES string of the molecule is CC(=O)C(CCCCNC(=O)CCCCOC(O)C(O)C(O)C(O)CCO)NC(=O)CCCCOC(O)C(O)C(O)C(O)C(C)CO. The molecule has 10 unspecified atom stereocenters. The molecule has 17 heteroatoms. The monoisotopic (exact) mass is 686 g/mol. The van der Waals surface area contributed by atoms with Crippen LogP contribution in [-0.4, -0.2) is 157 Å². The molecule has 12 N–H and O–H groups in total. The van der Waals surface area contributed by atoms with Crippen LogP contribution in [0.5, 0.6) is 0 Å². The minimum Gasteiger partial charge on any atom is -0.396 e. The van der Waals surface area contributed by atoms with Crippen molar-refractivity contribution in [3.8, 4) is 0 Å². The second-order valence-electron chi connectivity index (χ2n) is 11.7. The third kappa shape index (κ3) is 19.7. The van der Waals surface area contributed by atoms with Gasteiger partial charge in [0.05, 0.1) is 18.2 Å². The Balaban J connectivity index is 4.11. The zero-order chi connectivity index (χ0) is 35.9. The Kier molecular flexibility index (Phi) is 25.0. The summed E-state index contributed by atoms with van der Waals surface area (Å²) < 4.78 is 10.1. The van der Waals surface area contributed by atoms with E-state index in [4.69, 9.17) is 19.7 Å². The fourth-order valence-corrected chi connectivity index (χ4v) is 4.33. The lowest BCUT2D eigenvalue weighted by Crippen LogP contribution is -2.48. The van der Waals surface area contributed by atoms with Crippen molar-refractivity contribution < 1.29 is 74.9 Å². The number of hydrogen-bond acceptors (Lipinski definition) is 15. The van der Waals surface area contributed by atoms with Crippen LogP contribution in [0.1, 0.15) is 78.1 Å². The van der Waals surface area contributed by atoms with E-state index in [-0.39, 0.29) is 50.1 Å². The highest BCUT2D eigenvalue weighted by atomic mass is 16.6. The predicted molar refractivity (Wildman–Crippen MR) is 165 cm³/mol. The largest absolute Gasteiger partial charge is 0.396 e. The fourth-order valence-electron chi connectivity index (χ4n) is 4.33. The van der Waals surface area contributed by atoms with Gasteiger partial charge in [0.2, 0.25) is 11.8 Å². The molecule has 0 radical (unpaired) electrons. The minimum atomic E-state index is -1.80. The summed E-state index contributed by atoms with van der Waals surface area (Å²) in [7, 11) is 0. The Labute approximate surface area is 275 Å². The maximum Gasteiger partial charge on any atom is 0.220 e. The molecular weight excluding hydrogens is 628 g/mol. The molecule has 0 heterocycles. The molecule has 47 heavy (non-hydrogen) atoms. The number of Topliss-reactive ketones (excluding diaryl/α,β-unsaturated/α-hetero) is 1. The molecular formula is C30H58N2O15. The first kappa shape index (κ1) is 45.1. The highest BCUT2D eigenvalue weighted by Gasteiger charge is 2.33. The number of carbonyl (C=O) groups excluding carboxylic acids is 3. The van der Waals surface area contributed by atoms with Crippen LogP contribution in [0.2, 0.25) is 0 Å². The molecule has 0 aromatic rings. The number of ketones is 1. The van der Waals surface area contributed by atoms with Gasteiger partial charge in [0.1, 0.15) is 24.4 Å². The van der Waals surface area contributed by atoms with Gasteiger partial charge >= 0.3 is 0 Å². The third-order valence-corrected chi connectivity index (χ3v) is 7.57. The first-order valence-electron chi connectivity index (χ1n) is 16.1. The first-order chi connectivity index (χ1) is 22.2. The van der Waals surface area contributed by atoms with Gasteiger partial charge in [0.25, 0.3) is 0 Å². The molecule has 10 atom stereocenters. The van der Waals surface area contributed by atoms with Crippen LogP contribution in [0.25, 0.3) is 0 Å². The van der Waals surface area contributed by atoms with Crippen LogP contribution in [0.4, 0.5) is 0 Å². The average Bonchev–Trinajstić information content (AvgIpc) is 3.04. The number of aliphatic hydroxyl groups excluding tert-OH is 10. The summed E-state index contributed by atoms with van der Waals surface area (Å²) >= 11 is 0. The molecule has 0 fully saturated rings. The van der Waals surface area contributed by atoms with Gasteiger partial charge in [-0.25, -0.2) is 0 Å². The number of nitrogens with one attached hydrogen (secondary N) is 2. The molecule has 0 saturated heterocycles. The molecule has 0 aromatic heterocycles. The second-order valence-corrected chi connectivity index (χ2v) is 11.7. The van der Waals surface area contributed by atoms with Crippen molar-refractivity contribution in [1.82, 2.24) is 10.6 Å². The molecule has 2 amide bonds. The second kappa shape index (κ2) is 26.1. The molecule has 0 aliphatic carbocycles. The average molecular weight is 687 g/mol. The van der Waals surface area contributed by atoms with E-state index >= 15 is 0 Å². The molecule has 0 saturated carbocycles. The Morgan fingerprint density at radius 1 is 0.638 bits per heavy atom. The number of hydrogen-bond donors (Lipinski definition) is 12. The maximum atomic E-state index is 12.3. The topological polar surface area (TPSA) is 296 Å². The van der Waals surface area contributed by atoms with Crippen LogP contribution in [0.3, 0.4) is 0 Å². The van der Waals surface area contributed by atoms with Crippen molar-refractivity contribution in [2.45, 2.75) is 133 Å². The quantitative estimate of drug-likeness (QED) is 0.0269. The van der Waals surface area contributed by atoms with Gasteiger partial charge in [0.15, 0.2) is 18.4 Å². The molecule has 0 rings (SSSR count). The molecule has 0 bridgehead atoms. The standard InChI is InChI=1S/C30H58N2O15/c1-18(17-34)24(39)26(41)28(43)30(45)47-16-8-5-11-23(38)32-20(19(2)35)9-3-6-13-31-22(37)10-4-7-15-46-29(44)27(42)25(40)21(36)12-14-33/h18,20-21,24-30,33-34,36,39-45H,3-17H2,1-2H3,(H,31,37)(H,32,38). The van der Waals surface area contributed by atoms with E-state index in [1.165, 1.54) is 13.8 Å². The molecule has 0 aromatic carbocycles. The highest BCUT2D eigenvalue weighted by molar-refractivity contribution is 5.87. The van der Waals surface area contributed by atoms with E-state index in [1.807, 2.05) is 0 Å². The highest BCUT2D eigenvalue weighted by Crippen LogP contribution is 2.14. The van der Waals surface area contributed by atoms with Crippen molar-refractivity contribution in [3.63, 3.8) is 0 Å². The van der Waals surface area contributed by atoms with Gasteiger partial charge in [-0.1, -0.05) is 6.92 Å². The summed E-state index contributed by atoms with van der Waals surface area (Å²) in [4.78, 5) is 36.3. The molecule has 0 aliphatic rings. The molecule has 17 nitrogen and oxygen atoms in total. The Morgan fingerprint density at radius 3 is 1.68 bits per heavy atom. The van der Waals surface area contributed by atoms with Crippen LogP contribution in [0, 0.1) is 5.92 Å². The van der Waals surface area contributed by atoms with Gasteiger partial charge in [-0.3, -0.25) is 14.4 Å². The van der Waals surface area contributed by atoms with Crippen molar-refractivity contribution in [2.24, 2.45) is 5.92 Å². The van der Waals surface area contributed by atoms with Crippen LogP contribution in [-0.2, 0) is 23.9 Å². The van der Waals surface area contributed by atoms with Gasteiger partial charge in [-0.15, -0.1) is 0 Å². The van der Waals surface area contributed by atoms with E-state index in [0.717, 1.165) is 0 Å². The van der Waals surface area contributed by atoms with Crippen molar-refractivity contribution in [2.75, 3.05) is 33.0 Å². The Hall–Kier alpha value is -1.87. The summed E-state index contributed by atoms with van der Waals surface area (Å²) in [5.41, 5.74) is 0. The van der Waals surface area contributed by atoms with Crippen LogP contribution >= 0.6 is 0 Å². The summed E-state index contributed by atoms with van der Waals surface area (Å²) in [6, 6.07) is -0.687. The van der Waals surface area contributed by atoms with Crippen molar-refractivity contribution >= 4 is 17.6 Å². The van der Waals surface area contributed by atoms with Gasteiger partial charge in [-0.05, 0) is 58.3 Å². The number of rotatable bonds is 29. The first-order valence-corrected chi connectivity index (χ1v) is 16.1. The number of carbonyl (C=O) groups is 3. The maximum absolute atomic E-state index is 12.3. The summed E-state index contributed by atoms with van der Waals surface area (Å²) in [6.07, 6.45) is -10.3. The smallest absolute Gasteiger partial charge is 0.220 e. The van der Waals surface area contributed by atoms with Crippen molar-refractivity contribution in [1.29, 1.82) is 0 Å². The van der Waals surface area contributed by atoms with Crippen LogP contribution < -0.4 is 10.6 Å². The van der Waals surface area contributed by atoms with Crippen molar-refractivity contribution in [3.05, 3.63) is 0 Å². The van der Waals surface area contributed by atoms with Gasteiger partial charge < -0.3 is 71.2 Å². The normalized spacial score (nSPS) is 18.2. The zero-order valence-electron chi connectivity index (χ0n) is 27.4. The van der Waals surface area contributed by atoms with Gasteiger partial charge in [-0.2, -0.15) is 0 Å². The number of unbranched alkanes of at least 4 members (excludes halogenated alkanes) is 3. The van der Waals surface area contributed by atoms with E-state index in [0.29, 0.717) is 51.5 Å². The number of amides is 2.